The minimum atomic E-state index is -0.181. The van der Waals surface area contributed by atoms with Crippen LogP contribution in [0.4, 0.5) is 0 Å². The van der Waals surface area contributed by atoms with Crippen molar-refractivity contribution in [3.63, 3.8) is 0 Å². The smallest absolute Gasteiger partial charge is 0.222 e. The second-order valence-electron chi connectivity index (χ2n) is 5.11. The zero-order valence-electron chi connectivity index (χ0n) is 10.2. The summed E-state index contributed by atoms with van der Waals surface area (Å²) in [6.45, 7) is 6.45. The van der Waals surface area contributed by atoms with E-state index in [9.17, 15) is 9.59 Å². The van der Waals surface area contributed by atoms with Crippen molar-refractivity contribution in [2.24, 2.45) is 0 Å². The third kappa shape index (κ3) is 4.96. The first kappa shape index (κ1) is 12.7. The summed E-state index contributed by atoms with van der Waals surface area (Å²) in [5, 5.41) is 6.00. The maximum absolute atomic E-state index is 11.5. The van der Waals surface area contributed by atoms with E-state index >= 15 is 0 Å². The first-order chi connectivity index (χ1) is 7.37. The van der Waals surface area contributed by atoms with Gasteiger partial charge < -0.3 is 10.6 Å². The van der Waals surface area contributed by atoms with Gasteiger partial charge in [0.25, 0.3) is 0 Å². The largest absolute Gasteiger partial charge is 0.388 e. The molecule has 2 N–H and O–H groups in total. The fourth-order valence-corrected chi connectivity index (χ4v) is 1.55. The highest BCUT2D eigenvalue weighted by Gasteiger charge is 2.14. The third-order valence-corrected chi connectivity index (χ3v) is 2.19. The van der Waals surface area contributed by atoms with Crippen molar-refractivity contribution in [1.82, 2.24) is 10.6 Å². The van der Waals surface area contributed by atoms with E-state index in [2.05, 4.69) is 10.6 Å². The van der Waals surface area contributed by atoms with Crippen LogP contribution in [0.5, 0.6) is 0 Å². The molecule has 0 spiro atoms. The van der Waals surface area contributed by atoms with Gasteiger partial charge in [-0.1, -0.05) is 0 Å². The van der Waals surface area contributed by atoms with Crippen LogP contribution in [0.25, 0.3) is 0 Å². The Morgan fingerprint density at radius 1 is 1.38 bits per heavy atom. The van der Waals surface area contributed by atoms with Gasteiger partial charge in [-0.15, -0.1) is 0 Å². The van der Waals surface area contributed by atoms with Crippen LogP contribution in [0.3, 0.4) is 0 Å². The molecule has 1 aliphatic rings. The Hall–Kier alpha value is -1.32. The van der Waals surface area contributed by atoms with E-state index in [1.165, 1.54) is 0 Å². The minimum absolute atomic E-state index is 0.0323. The van der Waals surface area contributed by atoms with Gasteiger partial charge >= 0.3 is 0 Å². The van der Waals surface area contributed by atoms with Crippen molar-refractivity contribution in [2.75, 3.05) is 6.54 Å². The number of hydrogen-bond donors (Lipinski definition) is 2. The molecule has 0 aromatic carbocycles. The molecule has 0 aromatic rings. The second kappa shape index (κ2) is 5.14. The minimum Gasteiger partial charge on any atom is -0.388 e. The molecule has 16 heavy (non-hydrogen) atoms. The molecule has 0 heterocycles. The number of ketones is 1. The van der Waals surface area contributed by atoms with Crippen molar-refractivity contribution in [2.45, 2.75) is 45.6 Å². The first-order valence-electron chi connectivity index (χ1n) is 5.65. The van der Waals surface area contributed by atoms with E-state index in [1.54, 1.807) is 6.08 Å². The second-order valence-corrected chi connectivity index (χ2v) is 5.11. The molecule has 0 atom stereocenters. The summed E-state index contributed by atoms with van der Waals surface area (Å²) in [4.78, 5) is 22.4. The van der Waals surface area contributed by atoms with E-state index in [0.29, 0.717) is 19.4 Å². The average Bonchev–Trinajstić information content (AvgIpc) is 2.48. The van der Waals surface area contributed by atoms with Crippen molar-refractivity contribution in [3.05, 3.63) is 11.8 Å². The van der Waals surface area contributed by atoms with Crippen LogP contribution < -0.4 is 10.6 Å². The van der Waals surface area contributed by atoms with Gasteiger partial charge in [-0.3, -0.25) is 9.59 Å². The summed E-state index contributed by atoms with van der Waals surface area (Å²) in [7, 11) is 0. The van der Waals surface area contributed by atoms with E-state index in [4.69, 9.17) is 0 Å². The zero-order chi connectivity index (χ0) is 12.2. The molecule has 1 rings (SSSR count). The van der Waals surface area contributed by atoms with Gasteiger partial charge in [0, 0.05) is 36.7 Å². The normalized spacial score (nSPS) is 15.9. The number of rotatable bonds is 4. The van der Waals surface area contributed by atoms with Crippen LogP contribution >= 0.6 is 0 Å². The van der Waals surface area contributed by atoms with E-state index in [0.717, 1.165) is 12.1 Å². The summed E-state index contributed by atoms with van der Waals surface area (Å²) in [5.74, 6) is 0.201. The number of carbonyl (C=O) groups is 2. The molecule has 0 aliphatic heterocycles. The molecule has 90 valence electrons. The Morgan fingerprint density at radius 2 is 2.06 bits per heavy atom. The van der Waals surface area contributed by atoms with Crippen LogP contribution in [0.15, 0.2) is 11.8 Å². The van der Waals surface area contributed by atoms with E-state index < -0.39 is 0 Å². The van der Waals surface area contributed by atoms with E-state index in [1.807, 2.05) is 20.8 Å². The molecule has 4 heteroatoms. The molecular weight excluding hydrogens is 204 g/mol. The van der Waals surface area contributed by atoms with Gasteiger partial charge in [-0.05, 0) is 27.2 Å². The van der Waals surface area contributed by atoms with Crippen molar-refractivity contribution in [1.29, 1.82) is 0 Å². The van der Waals surface area contributed by atoms with Crippen molar-refractivity contribution >= 4 is 11.7 Å². The quantitative estimate of drug-likeness (QED) is 0.752. The summed E-state index contributed by atoms with van der Waals surface area (Å²) < 4.78 is 0. The Morgan fingerprint density at radius 3 is 2.56 bits per heavy atom. The molecule has 0 saturated heterocycles. The molecular formula is C12H20N2O2. The predicted octanol–water partition coefficient (Wildman–Crippen LogP) is 1.13. The van der Waals surface area contributed by atoms with Crippen LogP contribution in [0.1, 0.15) is 40.0 Å². The number of allylic oxidation sites excluding steroid dienone is 2. The lowest BCUT2D eigenvalue weighted by molar-refractivity contribution is -0.122. The lowest BCUT2D eigenvalue weighted by Gasteiger charge is -2.20. The molecule has 4 nitrogen and oxygen atoms in total. The maximum Gasteiger partial charge on any atom is 0.222 e. The third-order valence-electron chi connectivity index (χ3n) is 2.19. The highest BCUT2D eigenvalue weighted by atomic mass is 16.1. The Labute approximate surface area is 96.5 Å². The number of amides is 1. The van der Waals surface area contributed by atoms with Crippen LogP contribution in [0, 0.1) is 0 Å². The SMILES string of the molecule is CC(C)(C)NC(=O)CCNC1=CC(=O)CC1. The Balaban J connectivity index is 2.18. The topological polar surface area (TPSA) is 58.2 Å². The summed E-state index contributed by atoms with van der Waals surface area (Å²) >= 11 is 0. The molecule has 0 aromatic heterocycles. The number of hydrogen-bond acceptors (Lipinski definition) is 3. The lowest BCUT2D eigenvalue weighted by Crippen LogP contribution is -2.41. The van der Waals surface area contributed by atoms with Crippen molar-refractivity contribution in [3.8, 4) is 0 Å². The van der Waals surface area contributed by atoms with Gasteiger partial charge in [-0.25, -0.2) is 0 Å². The number of carbonyl (C=O) groups excluding carboxylic acids is 2. The monoisotopic (exact) mass is 224 g/mol. The summed E-state index contributed by atoms with van der Waals surface area (Å²) in [6, 6.07) is 0. The van der Waals surface area contributed by atoms with Gasteiger partial charge in [-0.2, -0.15) is 0 Å². The molecule has 0 unspecified atom stereocenters. The fraction of sp³-hybridized carbons (Fsp3) is 0.667. The maximum atomic E-state index is 11.5. The van der Waals surface area contributed by atoms with E-state index in [-0.39, 0.29) is 17.2 Å². The molecule has 0 radical (unpaired) electrons. The fourth-order valence-electron chi connectivity index (χ4n) is 1.55. The average molecular weight is 224 g/mol. The predicted molar refractivity (Wildman–Crippen MR) is 62.8 cm³/mol. The Bertz CT molecular complexity index is 313. The highest BCUT2D eigenvalue weighted by molar-refractivity contribution is 5.92. The molecule has 0 bridgehead atoms. The van der Waals surface area contributed by atoms with Gasteiger partial charge in [0.1, 0.15) is 0 Å². The van der Waals surface area contributed by atoms with Gasteiger partial charge in [0.2, 0.25) is 5.91 Å². The van der Waals surface area contributed by atoms with Gasteiger partial charge in [0.05, 0.1) is 0 Å². The molecule has 0 fully saturated rings. The molecule has 1 aliphatic carbocycles. The van der Waals surface area contributed by atoms with Crippen molar-refractivity contribution < 1.29 is 9.59 Å². The van der Waals surface area contributed by atoms with Crippen LogP contribution in [-0.2, 0) is 9.59 Å². The van der Waals surface area contributed by atoms with Crippen LogP contribution in [0.2, 0.25) is 0 Å². The Kier molecular flexibility index (Phi) is 4.10. The first-order valence-corrected chi connectivity index (χ1v) is 5.65. The summed E-state index contributed by atoms with van der Waals surface area (Å²) in [5.41, 5.74) is 0.771. The molecule has 0 saturated carbocycles. The van der Waals surface area contributed by atoms with Gasteiger partial charge in [0.15, 0.2) is 5.78 Å². The number of nitrogens with one attached hydrogen (secondary N) is 2. The zero-order valence-corrected chi connectivity index (χ0v) is 10.2. The van der Waals surface area contributed by atoms with Crippen LogP contribution in [-0.4, -0.2) is 23.8 Å². The lowest BCUT2D eigenvalue weighted by atomic mass is 10.1. The standard InChI is InChI=1S/C12H20N2O2/c1-12(2,3)14-11(16)6-7-13-9-4-5-10(15)8-9/h8,13H,4-7H2,1-3H3,(H,14,16). The highest BCUT2D eigenvalue weighted by Crippen LogP contribution is 2.11. The summed E-state index contributed by atoms with van der Waals surface area (Å²) in [6.07, 6.45) is 3.43. The molecule has 1 amide bonds.